The second kappa shape index (κ2) is 8.56. The van der Waals surface area contributed by atoms with Crippen molar-refractivity contribution in [1.29, 1.82) is 0 Å². The predicted molar refractivity (Wildman–Crippen MR) is 116 cm³/mol. The number of carbonyl (C=O) groups excluding carboxylic acids is 2. The van der Waals surface area contributed by atoms with Gasteiger partial charge in [-0.15, -0.1) is 0 Å². The minimum atomic E-state index is -0.734. The summed E-state index contributed by atoms with van der Waals surface area (Å²) in [6.45, 7) is 1.07. The first kappa shape index (κ1) is 22.0. The maximum absolute atomic E-state index is 12.4. The third-order valence-corrected chi connectivity index (χ3v) is 5.58. The fourth-order valence-corrected chi connectivity index (χ4v) is 4.46. The summed E-state index contributed by atoms with van der Waals surface area (Å²) in [5.41, 5.74) is 0.660. The number of nitrogens with zero attached hydrogens (tertiary/aromatic N) is 4. The van der Waals surface area contributed by atoms with Crippen LogP contribution < -0.4 is 16.6 Å². The third kappa shape index (κ3) is 4.24. The number of imidazole rings is 1. The van der Waals surface area contributed by atoms with Gasteiger partial charge < -0.3 is 14.6 Å². The monoisotopic (exact) mass is 541 g/mol. The molecule has 2 aromatic heterocycles. The van der Waals surface area contributed by atoms with Crippen molar-refractivity contribution >= 4 is 60.6 Å². The Morgan fingerprint density at radius 1 is 1.13 bits per heavy atom. The average molecular weight is 543 g/mol. The lowest BCUT2D eigenvalue weighted by Crippen LogP contribution is -2.37. The van der Waals surface area contributed by atoms with Crippen molar-refractivity contribution in [2.45, 2.75) is 13.5 Å². The number of halogens is 2. The first-order valence-electron chi connectivity index (χ1n) is 8.62. The molecule has 0 radical (unpaired) electrons. The molecule has 0 saturated carbocycles. The molecule has 0 atom stereocenters. The molecule has 3 aromatic rings. The number of rotatable bonds is 5. The Labute approximate surface area is 186 Å². The summed E-state index contributed by atoms with van der Waals surface area (Å²) in [7, 11) is 2.82. The first-order valence-corrected chi connectivity index (χ1v) is 10.2. The Morgan fingerprint density at radius 2 is 1.77 bits per heavy atom. The lowest BCUT2D eigenvalue weighted by molar-refractivity contribution is -0.147. The highest BCUT2D eigenvalue weighted by Gasteiger charge is 2.17. The Kier molecular flexibility index (Phi) is 6.27. The van der Waals surface area contributed by atoms with Gasteiger partial charge in [-0.3, -0.25) is 23.5 Å². The van der Waals surface area contributed by atoms with Crippen molar-refractivity contribution in [1.82, 2.24) is 18.7 Å². The van der Waals surface area contributed by atoms with Crippen LogP contribution in [0.4, 0.5) is 5.69 Å². The quantitative estimate of drug-likeness (QED) is 0.488. The zero-order valence-electron chi connectivity index (χ0n) is 16.2. The number of anilines is 1. The minimum Gasteiger partial charge on any atom is -0.454 e. The van der Waals surface area contributed by atoms with Gasteiger partial charge in [0.1, 0.15) is 6.54 Å². The molecule has 12 heteroatoms. The van der Waals surface area contributed by atoms with Crippen LogP contribution in [0.15, 0.2) is 37.0 Å². The van der Waals surface area contributed by atoms with E-state index in [4.69, 9.17) is 4.74 Å². The number of amides is 1. The Bertz CT molecular complexity index is 1270. The summed E-state index contributed by atoms with van der Waals surface area (Å²) in [6, 6.07) is 3.68. The SMILES string of the molecule is Cc1cc(Br)c(NC(=O)COC(=O)Cn2cnc3c2c(=O)n(C)c(=O)n3C)c(Br)c1. The van der Waals surface area contributed by atoms with Gasteiger partial charge in [-0.05, 0) is 56.5 Å². The second-order valence-corrected chi connectivity index (χ2v) is 8.27. The molecule has 1 N–H and O–H groups in total. The summed E-state index contributed by atoms with van der Waals surface area (Å²) in [4.78, 5) is 52.7. The molecule has 2 heterocycles. The molecule has 0 unspecified atom stereocenters. The van der Waals surface area contributed by atoms with Crippen LogP contribution in [-0.2, 0) is 35.0 Å². The molecule has 3 rings (SSSR count). The van der Waals surface area contributed by atoms with Crippen LogP contribution >= 0.6 is 31.9 Å². The van der Waals surface area contributed by atoms with E-state index in [9.17, 15) is 19.2 Å². The average Bonchev–Trinajstić information content (AvgIpc) is 3.09. The van der Waals surface area contributed by atoms with Crippen molar-refractivity contribution in [3.8, 4) is 0 Å². The van der Waals surface area contributed by atoms with Gasteiger partial charge in [0.25, 0.3) is 11.5 Å². The van der Waals surface area contributed by atoms with Crippen LogP contribution in [0.2, 0.25) is 0 Å². The molecule has 10 nitrogen and oxygen atoms in total. The summed E-state index contributed by atoms with van der Waals surface area (Å²) in [6.07, 6.45) is 1.27. The topological polar surface area (TPSA) is 117 Å². The smallest absolute Gasteiger partial charge is 0.332 e. The van der Waals surface area contributed by atoms with Gasteiger partial charge in [-0.1, -0.05) is 0 Å². The zero-order chi connectivity index (χ0) is 22.2. The molecule has 0 saturated heterocycles. The number of nitrogens with one attached hydrogen (secondary N) is 1. The van der Waals surface area contributed by atoms with E-state index in [0.29, 0.717) is 14.6 Å². The van der Waals surface area contributed by atoms with Gasteiger partial charge in [0, 0.05) is 23.0 Å². The van der Waals surface area contributed by atoms with E-state index >= 15 is 0 Å². The molecule has 1 aromatic carbocycles. The van der Waals surface area contributed by atoms with Gasteiger partial charge in [-0.25, -0.2) is 9.78 Å². The molecule has 158 valence electrons. The van der Waals surface area contributed by atoms with Crippen LogP contribution in [0, 0.1) is 6.92 Å². The third-order valence-electron chi connectivity index (χ3n) is 4.33. The molecule has 0 aliphatic heterocycles. The van der Waals surface area contributed by atoms with Crippen LogP contribution in [0.5, 0.6) is 0 Å². The lowest BCUT2D eigenvalue weighted by atomic mass is 10.2. The number of carbonyl (C=O) groups is 2. The van der Waals surface area contributed by atoms with Crippen LogP contribution in [0.1, 0.15) is 5.56 Å². The predicted octanol–water partition coefficient (Wildman–Crippen LogP) is 1.45. The van der Waals surface area contributed by atoms with Crippen molar-refractivity contribution in [3.05, 3.63) is 53.8 Å². The van der Waals surface area contributed by atoms with E-state index in [1.54, 1.807) is 0 Å². The highest BCUT2D eigenvalue weighted by Crippen LogP contribution is 2.32. The normalized spacial score (nSPS) is 11.0. The maximum Gasteiger partial charge on any atom is 0.332 e. The lowest BCUT2D eigenvalue weighted by Gasteiger charge is -2.11. The van der Waals surface area contributed by atoms with Crippen molar-refractivity contribution < 1.29 is 14.3 Å². The fraction of sp³-hybridized carbons (Fsp3) is 0.278. The number of esters is 1. The molecule has 0 spiro atoms. The minimum absolute atomic E-state index is 0.0912. The number of hydrogen-bond donors (Lipinski definition) is 1. The van der Waals surface area contributed by atoms with Gasteiger partial charge in [0.2, 0.25) is 0 Å². The molecule has 0 aliphatic carbocycles. The standard InChI is InChI=1S/C18H17Br2N5O5/c1-9-4-10(19)14(11(20)5-9)22-12(26)7-30-13(27)6-25-8-21-16-15(25)17(28)24(3)18(29)23(16)2/h4-5,8H,6-7H2,1-3H3,(H,22,26). The van der Waals surface area contributed by atoms with Gasteiger partial charge >= 0.3 is 11.7 Å². The Hall–Kier alpha value is -2.73. The first-order chi connectivity index (χ1) is 14.1. The van der Waals surface area contributed by atoms with E-state index in [1.807, 2.05) is 19.1 Å². The molecule has 0 fully saturated rings. The Morgan fingerprint density at radius 3 is 2.40 bits per heavy atom. The van der Waals surface area contributed by atoms with Gasteiger partial charge in [-0.2, -0.15) is 0 Å². The Balaban J connectivity index is 1.69. The zero-order valence-corrected chi connectivity index (χ0v) is 19.4. The van der Waals surface area contributed by atoms with E-state index in [-0.39, 0.29) is 17.7 Å². The molecular formula is C18H17Br2N5O5. The number of ether oxygens (including phenoxy) is 1. The van der Waals surface area contributed by atoms with Crippen molar-refractivity contribution in [3.63, 3.8) is 0 Å². The summed E-state index contributed by atoms with van der Waals surface area (Å²) < 4.78 is 9.80. The molecule has 30 heavy (non-hydrogen) atoms. The van der Waals surface area contributed by atoms with Crippen LogP contribution in [0.3, 0.4) is 0 Å². The van der Waals surface area contributed by atoms with E-state index in [0.717, 1.165) is 10.1 Å². The molecular weight excluding hydrogens is 526 g/mol. The summed E-state index contributed by atoms with van der Waals surface area (Å²) in [5.74, 6) is -1.26. The highest BCUT2D eigenvalue weighted by molar-refractivity contribution is 9.11. The van der Waals surface area contributed by atoms with Gasteiger partial charge in [0.05, 0.1) is 12.0 Å². The largest absolute Gasteiger partial charge is 0.454 e. The van der Waals surface area contributed by atoms with Crippen LogP contribution in [0.25, 0.3) is 11.2 Å². The fourth-order valence-electron chi connectivity index (χ4n) is 2.84. The number of hydrogen-bond acceptors (Lipinski definition) is 6. The summed E-state index contributed by atoms with van der Waals surface area (Å²) in [5, 5.41) is 2.66. The number of benzene rings is 1. The van der Waals surface area contributed by atoms with E-state index < -0.39 is 29.7 Å². The van der Waals surface area contributed by atoms with E-state index in [1.165, 1.54) is 29.6 Å². The highest BCUT2D eigenvalue weighted by atomic mass is 79.9. The number of fused-ring (bicyclic) bond motifs is 1. The number of aromatic nitrogens is 4. The van der Waals surface area contributed by atoms with Crippen molar-refractivity contribution in [2.24, 2.45) is 14.1 Å². The van der Waals surface area contributed by atoms with Crippen molar-refractivity contribution in [2.75, 3.05) is 11.9 Å². The van der Waals surface area contributed by atoms with Gasteiger partial charge in [0.15, 0.2) is 17.8 Å². The van der Waals surface area contributed by atoms with Crippen LogP contribution in [-0.4, -0.2) is 37.2 Å². The summed E-state index contributed by atoms with van der Waals surface area (Å²) >= 11 is 6.75. The molecule has 1 amide bonds. The second-order valence-electron chi connectivity index (χ2n) is 6.56. The molecule has 0 bridgehead atoms. The molecule has 0 aliphatic rings. The number of aryl methyl sites for hydroxylation is 2. The maximum atomic E-state index is 12.4. The van der Waals surface area contributed by atoms with E-state index in [2.05, 4.69) is 42.2 Å².